The van der Waals surface area contributed by atoms with Crippen molar-refractivity contribution >= 4 is 39.9 Å². The number of hydrogen-bond donors (Lipinski definition) is 0. The van der Waals surface area contributed by atoms with Crippen LogP contribution in [0.1, 0.15) is 37.4 Å². The number of carbonyl (C=O) groups excluding carboxylic acids is 1. The lowest BCUT2D eigenvalue weighted by Crippen LogP contribution is -2.43. The molecule has 1 saturated carbocycles. The SMILES string of the molecule is C=C(F)C(=O)N1CCN(c2nc(OCC3S[C@]3(C)N(C)C3CC3)nc3c2CCN(c2cccc4cccc(F)c24)C3)C=C1CC#N. The molecule has 4 heterocycles. The molecule has 1 aromatic heterocycles. The van der Waals surface area contributed by atoms with Crippen molar-refractivity contribution in [3.8, 4) is 12.1 Å². The smallest absolute Gasteiger partial charge is 0.318 e. The molecule has 0 spiro atoms. The Bertz CT molecular complexity index is 1800. The molecule has 12 heteroatoms. The van der Waals surface area contributed by atoms with Gasteiger partial charge in [0.15, 0.2) is 5.83 Å². The van der Waals surface area contributed by atoms with Gasteiger partial charge in [-0.2, -0.15) is 15.2 Å². The van der Waals surface area contributed by atoms with Gasteiger partial charge in [0, 0.05) is 48.5 Å². The molecule has 1 unspecified atom stereocenters. The molecule has 46 heavy (non-hydrogen) atoms. The van der Waals surface area contributed by atoms with E-state index in [0.717, 1.165) is 22.3 Å². The molecule has 7 rings (SSSR count). The van der Waals surface area contributed by atoms with E-state index in [1.54, 1.807) is 12.3 Å². The van der Waals surface area contributed by atoms with E-state index in [1.165, 1.54) is 23.8 Å². The van der Waals surface area contributed by atoms with Crippen LogP contribution in [-0.2, 0) is 17.8 Å². The molecular weight excluding hydrogens is 608 g/mol. The normalized spacial score (nSPS) is 22.4. The van der Waals surface area contributed by atoms with Crippen LogP contribution in [0.3, 0.4) is 0 Å². The molecule has 1 aliphatic carbocycles. The second-order valence-corrected chi connectivity index (χ2v) is 14.0. The first-order valence-corrected chi connectivity index (χ1v) is 16.4. The highest BCUT2D eigenvalue weighted by Crippen LogP contribution is 2.57. The lowest BCUT2D eigenvalue weighted by atomic mass is 10.0. The summed E-state index contributed by atoms with van der Waals surface area (Å²) in [6, 6.07) is 13.8. The molecular formula is C34H35F2N7O2S. The van der Waals surface area contributed by atoms with Crippen LogP contribution in [0.25, 0.3) is 10.8 Å². The van der Waals surface area contributed by atoms with Gasteiger partial charge in [0.1, 0.15) is 18.2 Å². The van der Waals surface area contributed by atoms with E-state index in [2.05, 4.69) is 36.4 Å². The number of hydrogen-bond acceptors (Lipinski definition) is 9. The number of carbonyl (C=O) groups is 1. The third-order valence-electron chi connectivity index (χ3n) is 9.50. The summed E-state index contributed by atoms with van der Waals surface area (Å²) >= 11 is 1.88. The van der Waals surface area contributed by atoms with E-state index in [1.807, 2.05) is 40.9 Å². The molecule has 2 atom stereocenters. The number of anilines is 2. The third kappa shape index (κ3) is 5.56. The van der Waals surface area contributed by atoms with E-state index in [-0.39, 0.29) is 34.9 Å². The van der Waals surface area contributed by atoms with Crippen molar-refractivity contribution in [1.29, 1.82) is 5.26 Å². The first kappa shape index (κ1) is 30.4. The van der Waals surface area contributed by atoms with E-state index in [0.29, 0.717) is 55.6 Å². The van der Waals surface area contributed by atoms with Crippen molar-refractivity contribution in [1.82, 2.24) is 19.8 Å². The average molecular weight is 644 g/mol. The largest absolute Gasteiger partial charge is 0.462 e. The van der Waals surface area contributed by atoms with Gasteiger partial charge in [-0.15, -0.1) is 11.8 Å². The summed E-state index contributed by atoms with van der Waals surface area (Å²) < 4.78 is 35.2. The maximum atomic E-state index is 15.1. The molecule has 0 N–H and O–H groups in total. The van der Waals surface area contributed by atoms with E-state index >= 15 is 4.39 Å². The summed E-state index contributed by atoms with van der Waals surface area (Å²) in [6.45, 7) is 7.37. The number of amides is 1. The maximum Gasteiger partial charge on any atom is 0.318 e. The molecule has 0 radical (unpaired) electrons. The molecule has 4 aliphatic rings. The van der Waals surface area contributed by atoms with Gasteiger partial charge >= 0.3 is 6.01 Å². The number of halogens is 2. The number of benzene rings is 2. The minimum Gasteiger partial charge on any atom is -0.462 e. The Hall–Kier alpha value is -4.21. The predicted molar refractivity (Wildman–Crippen MR) is 174 cm³/mol. The van der Waals surface area contributed by atoms with E-state index in [9.17, 15) is 14.4 Å². The molecule has 1 amide bonds. The molecule has 2 aromatic carbocycles. The molecule has 1 saturated heterocycles. The summed E-state index contributed by atoms with van der Waals surface area (Å²) in [5, 5.41) is 11.2. The van der Waals surface area contributed by atoms with Gasteiger partial charge in [-0.25, -0.2) is 8.78 Å². The fraction of sp³-hybridized carbons (Fsp3) is 0.412. The fourth-order valence-electron chi connectivity index (χ4n) is 6.60. The van der Waals surface area contributed by atoms with Gasteiger partial charge in [-0.1, -0.05) is 30.8 Å². The highest BCUT2D eigenvalue weighted by atomic mass is 32.2. The van der Waals surface area contributed by atoms with Crippen molar-refractivity contribution in [2.75, 3.05) is 43.1 Å². The van der Waals surface area contributed by atoms with Crippen LogP contribution in [0.4, 0.5) is 20.3 Å². The van der Waals surface area contributed by atoms with E-state index in [4.69, 9.17) is 14.7 Å². The zero-order valence-electron chi connectivity index (χ0n) is 25.9. The van der Waals surface area contributed by atoms with Gasteiger partial charge in [0.25, 0.3) is 5.91 Å². The monoisotopic (exact) mass is 643 g/mol. The molecule has 3 aromatic rings. The molecule has 238 valence electrons. The molecule has 3 aliphatic heterocycles. The van der Waals surface area contributed by atoms with Crippen molar-refractivity contribution in [2.24, 2.45) is 0 Å². The van der Waals surface area contributed by atoms with Crippen molar-refractivity contribution in [2.45, 2.75) is 55.3 Å². The van der Waals surface area contributed by atoms with Crippen molar-refractivity contribution in [3.05, 3.63) is 77.8 Å². The second kappa shape index (κ2) is 11.9. The Labute approximate surface area is 271 Å². The number of thioether (sulfide) groups is 1. The molecule has 0 bridgehead atoms. The molecule has 9 nitrogen and oxygen atoms in total. The minimum absolute atomic E-state index is 0.0195. The highest BCUT2D eigenvalue weighted by Gasteiger charge is 2.57. The number of fused-ring (bicyclic) bond motifs is 2. The van der Waals surface area contributed by atoms with E-state index < -0.39 is 11.7 Å². The van der Waals surface area contributed by atoms with Crippen LogP contribution in [0, 0.1) is 17.1 Å². The van der Waals surface area contributed by atoms with Gasteiger partial charge in [-0.05, 0) is 50.8 Å². The fourth-order valence-corrected chi connectivity index (χ4v) is 7.79. The standard InChI is InChI=1S/C34H35F2N7O2S/c1-21(35)32(44)43-17-16-42(18-24(43)12-14-37)31-25-13-15-41(28-9-5-7-22-6-4-8-26(36)30(22)28)19-27(25)38-33(39-31)45-20-29-34(2,46-29)40(3)23-10-11-23/h4-9,18,23,29H,1,10-13,15-17,19-20H2,2-3H3/t29?,34-/m0/s1. The van der Waals surface area contributed by atoms with Crippen molar-refractivity contribution < 1.29 is 18.3 Å². The number of allylic oxidation sites excluding steroid dienone is 1. The summed E-state index contributed by atoms with van der Waals surface area (Å²) in [5.74, 6) is -1.57. The van der Waals surface area contributed by atoms with Gasteiger partial charge in [-0.3, -0.25) is 9.69 Å². The zero-order valence-corrected chi connectivity index (χ0v) is 26.7. The number of nitriles is 1. The average Bonchev–Trinajstić information content (AvgIpc) is 4.00. The Balaban J connectivity index is 1.22. The van der Waals surface area contributed by atoms with Crippen LogP contribution >= 0.6 is 11.8 Å². The maximum absolute atomic E-state index is 15.1. The number of nitrogens with zero attached hydrogens (tertiary/aromatic N) is 7. The first-order valence-electron chi connectivity index (χ1n) is 15.5. The van der Waals surface area contributed by atoms with Crippen LogP contribution < -0.4 is 14.5 Å². The lowest BCUT2D eigenvalue weighted by Gasteiger charge is -2.36. The van der Waals surface area contributed by atoms with Gasteiger partial charge < -0.3 is 19.4 Å². The summed E-state index contributed by atoms with van der Waals surface area (Å²) in [7, 11) is 2.18. The third-order valence-corrected chi connectivity index (χ3v) is 11.2. The first-order chi connectivity index (χ1) is 22.2. The van der Waals surface area contributed by atoms with Crippen LogP contribution in [-0.4, -0.2) is 75.1 Å². The second-order valence-electron chi connectivity index (χ2n) is 12.4. The number of aromatic nitrogens is 2. The lowest BCUT2D eigenvalue weighted by molar-refractivity contribution is -0.126. The zero-order chi connectivity index (χ0) is 32.2. The quantitative estimate of drug-likeness (QED) is 0.221. The Kier molecular flexibility index (Phi) is 7.85. The Morgan fingerprint density at radius 2 is 2.00 bits per heavy atom. The number of ether oxygens (including phenoxy) is 1. The van der Waals surface area contributed by atoms with Crippen molar-refractivity contribution in [3.63, 3.8) is 0 Å². The van der Waals surface area contributed by atoms with Crippen LogP contribution in [0.2, 0.25) is 0 Å². The Morgan fingerprint density at radius 1 is 1.22 bits per heavy atom. The topological polar surface area (TPSA) is 88.8 Å². The number of rotatable bonds is 9. The predicted octanol–water partition coefficient (Wildman–Crippen LogP) is 5.52. The summed E-state index contributed by atoms with van der Waals surface area (Å²) in [5.41, 5.74) is 2.86. The van der Waals surface area contributed by atoms with Crippen LogP contribution in [0.15, 0.2) is 60.7 Å². The summed E-state index contributed by atoms with van der Waals surface area (Å²) in [4.78, 5) is 30.0. The van der Waals surface area contributed by atoms with Gasteiger partial charge in [0.2, 0.25) is 0 Å². The minimum atomic E-state index is -1.07. The van der Waals surface area contributed by atoms with Crippen LogP contribution in [0.5, 0.6) is 6.01 Å². The Morgan fingerprint density at radius 3 is 2.74 bits per heavy atom. The summed E-state index contributed by atoms with van der Waals surface area (Å²) in [6.07, 6.45) is 4.65. The molecule has 2 fully saturated rings. The van der Waals surface area contributed by atoms with Gasteiger partial charge in [0.05, 0.1) is 40.5 Å². The highest BCUT2D eigenvalue weighted by molar-refractivity contribution is 8.08.